The first-order chi connectivity index (χ1) is 15.1. The molecule has 0 fully saturated rings. The van der Waals surface area contributed by atoms with Crippen molar-refractivity contribution in [1.29, 1.82) is 0 Å². The number of fused-ring (bicyclic) bond motifs is 1. The van der Waals surface area contributed by atoms with Gasteiger partial charge in [0, 0.05) is 52.5 Å². The summed E-state index contributed by atoms with van der Waals surface area (Å²) in [6.45, 7) is -0.0866. The zero-order chi connectivity index (χ0) is 22.2. The highest BCUT2D eigenvalue weighted by Crippen LogP contribution is 2.28. The molecule has 0 aliphatic rings. The molecule has 3 aromatic rings. The summed E-state index contributed by atoms with van der Waals surface area (Å²) in [7, 11) is 3.02. The van der Waals surface area contributed by atoms with Crippen LogP contribution in [-0.4, -0.2) is 43.3 Å². The molecule has 162 valence electrons. The van der Waals surface area contributed by atoms with Crippen LogP contribution in [0.15, 0.2) is 52.9 Å². The Kier molecular flexibility index (Phi) is 7.75. The molecule has 3 rings (SSSR count). The third-order valence-electron chi connectivity index (χ3n) is 4.74. The highest BCUT2D eigenvalue weighted by molar-refractivity contribution is 7.17. The number of aliphatic hydroxyl groups is 1. The van der Waals surface area contributed by atoms with Gasteiger partial charge in [-0.05, 0) is 24.3 Å². The Labute approximate surface area is 184 Å². The molecule has 0 saturated heterocycles. The zero-order valence-corrected chi connectivity index (χ0v) is 18.2. The molecule has 31 heavy (non-hydrogen) atoms. The fourth-order valence-corrected chi connectivity index (χ4v) is 4.09. The van der Waals surface area contributed by atoms with Crippen molar-refractivity contribution in [1.82, 2.24) is 5.43 Å². The number of ketones is 1. The molecular weight excluding hydrogens is 416 g/mol. The van der Waals surface area contributed by atoms with E-state index in [2.05, 4.69) is 10.5 Å². The highest BCUT2D eigenvalue weighted by atomic mass is 32.1. The first-order valence-electron chi connectivity index (χ1n) is 9.75. The fourth-order valence-electron chi connectivity index (χ4n) is 3.12. The van der Waals surface area contributed by atoms with Crippen molar-refractivity contribution in [3.05, 3.63) is 59.0 Å². The van der Waals surface area contributed by atoms with Crippen LogP contribution >= 0.6 is 11.3 Å². The molecule has 8 heteroatoms. The van der Waals surface area contributed by atoms with Crippen LogP contribution in [0.4, 0.5) is 0 Å². The molecule has 1 amide bonds. The van der Waals surface area contributed by atoms with Crippen LogP contribution in [0.5, 0.6) is 11.5 Å². The summed E-state index contributed by atoms with van der Waals surface area (Å²) in [6, 6.07) is 12.8. The molecule has 0 unspecified atom stereocenters. The number of hydrazone groups is 1. The van der Waals surface area contributed by atoms with Crippen molar-refractivity contribution in [2.24, 2.45) is 5.10 Å². The van der Waals surface area contributed by atoms with Crippen molar-refractivity contribution in [2.45, 2.75) is 19.3 Å². The van der Waals surface area contributed by atoms with Gasteiger partial charge >= 0.3 is 0 Å². The van der Waals surface area contributed by atoms with Crippen molar-refractivity contribution < 1.29 is 24.2 Å². The Morgan fingerprint density at radius 1 is 1.03 bits per heavy atom. The summed E-state index contributed by atoms with van der Waals surface area (Å²) < 4.78 is 11.5. The number of amides is 1. The van der Waals surface area contributed by atoms with Gasteiger partial charge in [-0.1, -0.05) is 18.2 Å². The van der Waals surface area contributed by atoms with E-state index in [-0.39, 0.29) is 31.1 Å². The highest BCUT2D eigenvalue weighted by Gasteiger charge is 2.14. The predicted molar refractivity (Wildman–Crippen MR) is 121 cm³/mol. The van der Waals surface area contributed by atoms with Crippen molar-refractivity contribution in [2.75, 3.05) is 20.8 Å². The average Bonchev–Trinajstić information content (AvgIpc) is 3.23. The minimum Gasteiger partial charge on any atom is -0.493 e. The van der Waals surface area contributed by atoms with E-state index in [0.29, 0.717) is 29.2 Å². The van der Waals surface area contributed by atoms with Gasteiger partial charge in [-0.25, -0.2) is 5.43 Å². The lowest BCUT2D eigenvalue weighted by atomic mass is 10.1. The first-order valence-corrected chi connectivity index (χ1v) is 10.6. The third-order valence-corrected chi connectivity index (χ3v) is 5.70. The molecule has 0 aliphatic heterocycles. The van der Waals surface area contributed by atoms with Gasteiger partial charge in [0.2, 0.25) is 5.91 Å². The van der Waals surface area contributed by atoms with E-state index in [9.17, 15) is 14.7 Å². The maximum absolute atomic E-state index is 12.4. The number of ether oxygens (including phenoxy) is 2. The Hall–Kier alpha value is -3.23. The predicted octanol–water partition coefficient (Wildman–Crippen LogP) is 3.78. The number of carbonyl (C=O) groups is 2. The van der Waals surface area contributed by atoms with Crippen LogP contribution in [0.1, 0.15) is 35.2 Å². The van der Waals surface area contributed by atoms with Crippen molar-refractivity contribution in [3.8, 4) is 11.5 Å². The largest absolute Gasteiger partial charge is 0.493 e. The van der Waals surface area contributed by atoms with E-state index in [1.54, 1.807) is 29.5 Å². The standard InChI is InChI=1S/C23H24N2O5S/c1-29-20-9-7-15(13-21(20)30-2)19(27)8-10-23(28)25-24-18(11-12-26)17-14-31-22-6-4-3-5-16(17)22/h3-7,9,13-14,26H,8,10-12H2,1-2H3,(H,25,28)/b24-18+. The second kappa shape index (κ2) is 10.7. The van der Waals surface area contributed by atoms with Crippen molar-refractivity contribution in [3.63, 3.8) is 0 Å². The second-order valence-electron chi connectivity index (χ2n) is 6.71. The molecule has 2 aromatic carbocycles. The smallest absolute Gasteiger partial charge is 0.240 e. The number of rotatable bonds is 10. The SMILES string of the molecule is COc1ccc(C(=O)CCC(=O)N/N=C(\CCO)c2csc3ccccc23)cc1OC. The molecule has 0 radical (unpaired) electrons. The minimum absolute atomic E-state index is 0.00648. The Morgan fingerprint density at radius 2 is 1.81 bits per heavy atom. The van der Waals surface area contributed by atoms with E-state index < -0.39 is 0 Å². The molecule has 0 bridgehead atoms. The zero-order valence-electron chi connectivity index (χ0n) is 17.4. The Morgan fingerprint density at radius 3 is 2.55 bits per heavy atom. The maximum atomic E-state index is 12.4. The Balaban J connectivity index is 1.64. The van der Waals surface area contributed by atoms with Crippen LogP contribution < -0.4 is 14.9 Å². The van der Waals surface area contributed by atoms with Gasteiger partial charge < -0.3 is 14.6 Å². The van der Waals surface area contributed by atoms with Gasteiger partial charge in [-0.2, -0.15) is 5.10 Å². The molecule has 2 N–H and O–H groups in total. The number of aliphatic hydroxyl groups excluding tert-OH is 1. The third kappa shape index (κ3) is 5.48. The number of carbonyl (C=O) groups excluding carboxylic acids is 2. The van der Waals surface area contributed by atoms with Crippen molar-refractivity contribution >= 4 is 38.8 Å². The minimum atomic E-state index is -0.371. The Bertz CT molecular complexity index is 1110. The number of nitrogens with one attached hydrogen (secondary N) is 1. The summed E-state index contributed by atoms with van der Waals surface area (Å²) in [6.07, 6.45) is 0.340. The summed E-state index contributed by atoms with van der Waals surface area (Å²) in [4.78, 5) is 24.7. The summed E-state index contributed by atoms with van der Waals surface area (Å²) in [5, 5.41) is 16.6. The number of nitrogens with zero attached hydrogens (tertiary/aromatic N) is 1. The van der Waals surface area contributed by atoms with Crippen LogP contribution in [-0.2, 0) is 4.79 Å². The van der Waals surface area contributed by atoms with E-state index >= 15 is 0 Å². The van der Waals surface area contributed by atoms with E-state index in [1.807, 2.05) is 29.6 Å². The lowest BCUT2D eigenvalue weighted by Crippen LogP contribution is -2.21. The molecule has 1 heterocycles. The summed E-state index contributed by atoms with van der Waals surface area (Å²) in [5.74, 6) is 0.436. The van der Waals surface area contributed by atoms with E-state index in [1.165, 1.54) is 14.2 Å². The van der Waals surface area contributed by atoms with Crippen LogP contribution in [0, 0.1) is 0 Å². The average molecular weight is 441 g/mol. The lowest BCUT2D eigenvalue weighted by Gasteiger charge is -2.09. The molecule has 0 spiro atoms. The normalized spacial score (nSPS) is 11.4. The molecule has 0 atom stereocenters. The number of benzene rings is 2. The number of Topliss-reactive ketones (excluding diaryl/α,β-unsaturated/α-hetero) is 1. The second-order valence-corrected chi connectivity index (χ2v) is 7.62. The van der Waals surface area contributed by atoms with E-state index in [4.69, 9.17) is 9.47 Å². The van der Waals surface area contributed by atoms with Gasteiger partial charge in [0.15, 0.2) is 17.3 Å². The number of hydrogen-bond donors (Lipinski definition) is 2. The van der Waals surface area contributed by atoms with Crippen LogP contribution in [0.25, 0.3) is 10.1 Å². The summed E-state index contributed by atoms with van der Waals surface area (Å²) in [5.41, 5.74) is 4.44. The van der Waals surface area contributed by atoms with Gasteiger partial charge in [-0.15, -0.1) is 11.3 Å². The van der Waals surface area contributed by atoms with Crippen LogP contribution in [0.3, 0.4) is 0 Å². The maximum Gasteiger partial charge on any atom is 0.240 e. The van der Waals surface area contributed by atoms with E-state index in [0.717, 1.165) is 15.6 Å². The van der Waals surface area contributed by atoms with Gasteiger partial charge in [0.05, 0.1) is 19.9 Å². The van der Waals surface area contributed by atoms with Gasteiger partial charge in [0.25, 0.3) is 0 Å². The fraction of sp³-hybridized carbons (Fsp3) is 0.261. The molecular formula is C23H24N2O5S. The molecule has 0 saturated carbocycles. The first kappa shape index (κ1) is 22.5. The monoisotopic (exact) mass is 440 g/mol. The number of hydrogen-bond acceptors (Lipinski definition) is 7. The summed E-state index contributed by atoms with van der Waals surface area (Å²) >= 11 is 1.58. The van der Waals surface area contributed by atoms with Gasteiger partial charge in [-0.3, -0.25) is 9.59 Å². The molecule has 1 aromatic heterocycles. The van der Waals surface area contributed by atoms with Gasteiger partial charge in [0.1, 0.15) is 0 Å². The number of methoxy groups -OCH3 is 2. The van der Waals surface area contributed by atoms with Crippen LogP contribution in [0.2, 0.25) is 0 Å². The lowest BCUT2D eigenvalue weighted by molar-refractivity contribution is -0.121. The quantitative estimate of drug-likeness (QED) is 0.284. The number of thiophene rings is 1. The molecule has 7 nitrogen and oxygen atoms in total. The molecule has 0 aliphatic carbocycles. The topological polar surface area (TPSA) is 97.2 Å².